The number of rotatable bonds is 4. The lowest BCUT2D eigenvalue weighted by molar-refractivity contribution is 0.0420. The van der Waals surface area contributed by atoms with Crippen LogP contribution in [0.1, 0.15) is 12.8 Å². The molecule has 1 aromatic carbocycles. The highest BCUT2D eigenvalue weighted by molar-refractivity contribution is 5.74. The van der Waals surface area contributed by atoms with Crippen LogP contribution < -0.4 is 10.6 Å². The van der Waals surface area contributed by atoms with Crippen molar-refractivity contribution < 1.29 is 4.74 Å². The van der Waals surface area contributed by atoms with E-state index < -0.39 is 0 Å². The van der Waals surface area contributed by atoms with Gasteiger partial charge in [0.25, 0.3) is 0 Å². The quantitative estimate of drug-likeness (QED) is 0.894. The second kappa shape index (κ2) is 6.11. The molecule has 0 aliphatic carbocycles. The zero-order chi connectivity index (χ0) is 13.8. The smallest absolute Gasteiger partial charge is 0.245 e. The van der Waals surface area contributed by atoms with Gasteiger partial charge >= 0.3 is 0 Å². The van der Waals surface area contributed by atoms with E-state index in [0.29, 0.717) is 25.2 Å². The van der Waals surface area contributed by atoms with Gasteiger partial charge in [-0.05, 0) is 25.0 Å². The van der Waals surface area contributed by atoms with Gasteiger partial charge in [-0.2, -0.15) is 0 Å². The maximum absolute atomic E-state index is 5.68. The standard InChI is InChI=1S/C14H19N5O/c15-7-10-20-11-5-8-19(9-6-11)14-16-12-3-1-2-4-13(12)17-18-14/h1-4,11H,5-10,15H2. The lowest BCUT2D eigenvalue weighted by atomic mass is 10.1. The first-order valence-electron chi connectivity index (χ1n) is 7.03. The average molecular weight is 273 g/mol. The van der Waals surface area contributed by atoms with E-state index in [4.69, 9.17) is 10.5 Å². The SMILES string of the molecule is NCCOC1CCN(c2nnc3ccccc3n2)CC1. The highest BCUT2D eigenvalue weighted by Gasteiger charge is 2.21. The molecule has 6 heteroatoms. The number of nitrogens with zero attached hydrogens (tertiary/aromatic N) is 4. The minimum absolute atomic E-state index is 0.309. The van der Waals surface area contributed by atoms with E-state index in [-0.39, 0.29) is 0 Å². The molecule has 0 amide bonds. The van der Waals surface area contributed by atoms with E-state index in [9.17, 15) is 0 Å². The number of hydrogen-bond acceptors (Lipinski definition) is 6. The van der Waals surface area contributed by atoms with Crippen molar-refractivity contribution in [2.24, 2.45) is 5.73 Å². The predicted molar refractivity (Wildman–Crippen MR) is 77.6 cm³/mol. The second-order valence-electron chi connectivity index (χ2n) is 4.95. The molecule has 2 N–H and O–H groups in total. The first-order valence-corrected chi connectivity index (χ1v) is 7.03. The van der Waals surface area contributed by atoms with Crippen molar-refractivity contribution in [1.82, 2.24) is 15.2 Å². The average Bonchev–Trinajstić information content (AvgIpc) is 2.53. The molecular weight excluding hydrogens is 254 g/mol. The molecule has 0 spiro atoms. The molecule has 2 heterocycles. The van der Waals surface area contributed by atoms with Crippen molar-refractivity contribution in [2.75, 3.05) is 31.1 Å². The largest absolute Gasteiger partial charge is 0.377 e. The van der Waals surface area contributed by atoms with Gasteiger partial charge in [0.15, 0.2) is 0 Å². The molecule has 3 rings (SSSR count). The summed E-state index contributed by atoms with van der Waals surface area (Å²) in [5, 5.41) is 8.44. The summed E-state index contributed by atoms with van der Waals surface area (Å²) in [6, 6.07) is 7.79. The van der Waals surface area contributed by atoms with Crippen molar-refractivity contribution >= 4 is 17.0 Å². The van der Waals surface area contributed by atoms with Gasteiger partial charge in [0.2, 0.25) is 5.95 Å². The van der Waals surface area contributed by atoms with Gasteiger partial charge in [0.1, 0.15) is 5.52 Å². The van der Waals surface area contributed by atoms with Crippen LogP contribution >= 0.6 is 0 Å². The zero-order valence-corrected chi connectivity index (χ0v) is 11.4. The van der Waals surface area contributed by atoms with E-state index in [1.165, 1.54) is 0 Å². The van der Waals surface area contributed by atoms with Gasteiger partial charge in [-0.1, -0.05) is 12.1 Å². The van der Waals surface area contributed by atoms with Crippen LogP contribution in [0, 0.1) is 0 Å². The normalized spacial score (nSPS) is 16.8. The summed E-state index contributed by atoms with van der Waals surface area (Å²) in [5.74, 6) is 0.709. The number of benzene rings is 1. The summed E-state index contributed by atoms with van der Waals surface area (Å²) in [5.41, 5.74) is 7.17. The van der Waals surface area contributed by atoms with Crippen molar-refractivity contribution in [1.29, 1.82) is 0 Å². The fourth-order valence-corrected chi connectivity index (χ4v) is 2.46. The van der Waals surface area contributed by atoms with Crippen molar-refractivity contribution in [2.45, 2.75) is 18.9 Å². The van der Waals surface area contributed by atoms with E-state index >= 15 is 0 Å². The Morgan fingerprint density at radius 3 is 2.65 bits per heavy atom. The van der Waals surface area contributed by atoms with Gasteiger partial charge in [-0.15, -0.1) is 10.2 Å². The van der Waals surface area contributed by atoms with Crippen LogP contribution in [0.4, 0.5) is 5.95 Å². The van der Waals surface area contributed by atoms with Crippen LogP contribution in [0.5, 0.6) is 0 Å². The zero-order valence-electron chi connectivity index (χ0n) is 11.4. The molecule has 0 radical (unpaired) electrons. The van der Waals surface area contributed by atoms with Crippen LogP contribution in [-0.4, -0.2) is 47.5 Å². The fraction of sp³-hybridized carbons (Fsp3) is 0.500. The Bertz CT molecular complexity index is 568. The first kappa shape index (κ1) is 13.2. The van der Waals surface area contributed by atoms with Gasteiger partial charge in [0, 0.05) is 19.6 Å². The Kier molecular flexibility index (Phi) is 4.03. The van der Waals surface area contributed by atoms with Gasteiger partial charge < -0.3 is 15.4 Å². The van der Waals surface area contributed by atoms with Crippen LogP contribution in [-0.2, 0) is 4.74 Å². The van der Waals surface area contributed by atoms with Crippen LogP contribution in [0.25, 0.3) is 11.0 Å². The third kappa shape index (κ3) is 2.86. The molecule has 1 aromatic heterocycles. The molecule has 2 aromatic rings. The number of aromatic nitrogens is 3. The Morgan fingerprint density at radius 2 is 1.90 bits per heavy atom. The van der Waals surface area contributed by atoms with Crippen LogP contribution in [0.15, 0.2) is 24.3 Å². The number of fused-ring (bicyclic) bond motifs is 1. The fourth-order valence-electron chi connectivity index (χ4n) is 2.46. The summed E-state index contributed by atoms with van der Waals surface area (Å²) in [4.78, 5) is 6.75. The molecule has 1 aliphatic rings. The molecule has 106 valence electrons. The minimum atomic E-state index is 0.309. The molecule has 1 aliphatic heterocycles. The number of nitrogens with two attached hydrogens (primary N) is 1. The summed E-state index contributed by atoms with van der Waals surface area (Å²) < 4.78 is 5.68. The first-order chi connectivity index (χ1) is 9.86. The van der Waals surface area contributed by atoms with Crippen molar-refractivity contribution in [3.63, 3.8) is 0 Å². The van der Waals surface area contributed by atoms with Gasteiger partial charge in [-0.3, -0.25) is 0 Å². The van der Waals surface area contributed by atoms with Crippen molar-refractivity contribution in [3.8, 4) is 0 Å². The Morgan fingerprint density at radius 1 is 1.15 bits per heavy atom. The molecule has 1 saturated heterocycles. The molecule has 0 saturated carbocycles. The molecule has 0 bridgehead atoms. The lowest BCUT2D eigenvalue weighted by Crippen LogP contribution is -2.38. The lowest BCUT2D eigenvalue weighted by Gasteiger charge is -2.31. The number of hydrogen-bond donors (Lipinski definition) is 1. The van der Waals surface area contributed by atoms with E-state index in [1.54, 1.807) is 0 Å². The number of para-hydroxylation sites is 1. The molecule has 20 heavy (non-hydrogen) atoms. The number of piperidine rings is 1. The minimum Gasteiger partial charge on any atom is -0.377 e. The second-order valence-corrected chi connectivity index (χ2v) is 4.95. The maximum atomic E-state index is 5.68. The van der Waals surface area contributed by atoms with E-state index in [2.05, 4.69) is 20.1 Å². The molecule has 1 fully saturated rings. The molecular formula is C14H19N5O. The van der Waals surface area contributed by atoms with E-state index in [0.717, 1.165) is 37.0 Å². The summed E-state index contributed by atoms with van der Waals surface area (Å²) >= 11 is 0. The Hall–Kier alpha value is -1.79. The Balaban J connectivity index is 1.67. The molecule has 0 unspecified atom stereocenters. The summed E-state index contributed by atoms with van der Waals surface area (Å²) in [6.45, 7) is 3.02. The van der Waals surface area contributed by atoms with Crippen molar-refractivity contribution in [3.05, 3.63) is 24.3 Å². The Labute approximate surface area is 118 Å². The summed E-state index contributed by atoms with van der Waals surface area (Å²) in [7, 11) is 0. The highest BCUT2D eigenvalue weighted by Crippen LogP contribution is 2.19. The summed E-state index contributed by atoms with van der Waals surface area (Å²) in [6.07, 6.45) is 2.27. The third-order valence-electron chi connectivity index (χ3n) is 3.55. The van der Waals surface area contributed by atoms with Gasteiger partial charge in [-0.25, -0.2) is 4.98 Å². The topological polar surface area (TPSA) is 77.2 Å². The van der Waals surface area contributed by atoms with Crippen LogP contribution in [0.2, 0.25) is 0 Å². The maximum Gasteiger partial charge on any atom is 0.245 e. The number of anilines is 1. The highest BCUT2D eigenvalue weighted by atomic mass is 16.5. The monoisotopic (exact) mass is 273 g/mol. The van der Waals surface area contributed by atoms with Crippen LogP contribution in [0.3, 0.4) is 0 Å². The number of ether oxygens (including phenoxy) is 1. The molecule has 0 atom stereocenters. The van der Waals surface area contributed by atoms with E-state index in [1.807, 2.05) is 24.3 Å². The predicted octanol–water partition coefficient (Wildman–Crippen LogP) is 0.969. The molecule has 6 nitrogen and oxygen atoms in total. The third-order valence-corrected chi connectivity index (χ3v) is 3.55. The van der Waals surface area contributed by atoms with Gasteiger partial charge in [0.05, 0.1) is 18.2 Å².